The molecular weight excluding hydrogens is 219 g/mol. The van der Waals surface area contributed by atoms with E-state index in [2.05, 4.69) is 22.0 Å². The average Bonchev–Trinajstić information content (AvgIpc) is 1.88. The van der Waals surface area contributed by atoms with E-state index in [1.165, 1.54) is 5.56 Å². The molecule has 0 saturated carbocycles. The fourth-order valence-corrected chi connectivity index (χ4v) is 1.32. The van der Waals surface area contributed by atoms with Gasteiger partial charge < -0.3 is 11.0 Å². The molecule has 0 saturated heterocycles. The molecule has 0 heterocycles. The van der Waals surface area contributed by atoms with Crippen molar-refractivity contribution in [1.29, 1.82) is 0 Å². The molecule has 0 aliphatic rings. The van der Waals surface area contributed by atoms with Gasteiger partial charge in [-0.15, -0.1) is 0 Å². The number of hydrogen-bond acceptors (Lipinski definition) is 2. The van der Waals surface area contributed by atoms with Gasteiger partial charge in [0.1, 0.15) is 0 Å². The Balaban J connectivity index is 0. The summed E-state index contributed by atoms with van der Waals surface area (Å²) in [5.41, 5.74) is 2.13. The molecule has 0 unspecified atom stereocenters. The molecule has 4 heteroatoms. The summed E-state index contributed by atoms with van der Waals surface area (Å²) in [6, 6.07) is 7.96. The number of halogens is 1. The first-order valence-electron chi connectivity index (χ1n) is 3.23. The van der Waals surface area contributed by atoms with E-state index in [1.807, 2.05) is 18.2 Å². The van der Waals surface area contributed by atoms with Gasteiger partial charge in [0.15, 0.2) is 0 Å². The molecule has 1 aromatic rings. The molecule has 0 aliphatic carbocycles. The van der Waals surface area contributed by atoms with E-state index in [0.717, 1.165) is 17.2 Å². The summed E-state index contributed by atoms with van der Waals surface area (Å²) in [6.07, 6.45) is 1.05. The summed E-state index contributed by atoms with van der Waals surface area (Å²) in [7, 11) is 5.57. The molecule has 0 fully saturated rings. The zero-order chi connectivity index (χ0) is 7.40. The monoisotopic (exact) mass is 228 g/mol. The summed E-state index contributed by atoms with van der Waals surface area (Å²) in [5, 5.41) is 0.996. The minimum Gasteiger partial charge on any atom is -0.870 e. The number of rotatable bonds is 2. The van der Waals surface area contributed by atoms with Crippen molar-refractivity contribution in [3.63, 3.8) is 0 Å². The molecule has 0 atom stereocenters. The minimum absolute atomic E-state index is 0. The van der Waals surface area contributed by atoms with E-state index < -0.39 is 0 Å². The van der Waals surface area contributed by atoms with Crippen molar-refractivity contribution in [2.24, 2.45) is 0 Å². The van der Waals surface area contributed by atoms with Gasteiger partial charge in [0, 0.05) is 0 Å². The standard InChI is InChI=1S/C8H8BBr.2H2O/c9-8-3-1-2-7(6-8)4-5-10;;/h1-3,6H,4-5H2;2*1H2/q+2;;/p-2. The first-order valence-corrected chi connectivity index (χ1v) is 4.35. The largest absolute Gasteiger partial charge is 0.870 e. The normalized spacial score (nSPS) is 8.25. The van der Waals surface area contributed by atoms with Gasteiger partial charge in [-0.25, -0.2) is 0 Å². The van der Waals surface area contributed by atoms with Gasteiger partial charge in [0.25, 0.3) is 0 Å². The van der Waals surface area contributed by atoms with Crippen LogP contribution >= 0.6 is 15.9 Å². The average molecular weight is 229 g/mol. The Morgan fingerprint density at radius 3 is 2.42 bits per heavy atom. The summed E-state index contributed by atoms with van der Waals surface area (Å²) in [5.74, 6) is 0. The molecule has 64 valence electrons. The van der Waals surface area contributed by atoms with Crippen molar-refractivity contribution in [2.45, 2.75) is 6.42 Å². The first kappa shape index (κ1) is 14.2. The van der Waals surface area contributed by atoms with Crippen LogP contribution in [0.4, 0.5) is 0 Å². The van der Waals surface area contributed by atoms with Crippen LogP contribution in [0.5, 0.6) is 0 Å². The molecule has 2 N–H and O–H groups in total. The zero-order valence-corrected chi connectivity index (χ0v) is 8.16. The predicted octanol–water partition coefficient (Wildman–Crippen LogP) is 1.06. The zero-order valence-electron chi connectivity index (χ0n) is 6.57. The first-order chi connectivity index (χ1) is 4.83. The molecule has 0 bridgehead atoms. The Labute approximate surface area is 82.1 Å². The van der Waals surface area contributed by atoms with E-state index in [9.17, 15) is 0 Å². The second-order valence-corrected chi connectivity index (χ2v) is 2.98. The summed E-state index contributed by atoms with van der Waals surface area (Å²) in [4.78, 5) is 0. The SMILES string of the molecule is [B+2]c1cccc(CCBr)c1.[OH-].[OH-]. The molecule has 0 aliphatic heterocycles. The van der Waals surface area contributed by atoms with Gasteiger partial charge >= 0.3 is 70.8 Å². The Hall–Kier alpha value is -0.315. The van der Waals surface area contributed by atoms with Crippen molar-refractivity contribution in [3.05, 3.63) is 29.8 Å². The van der Waals surface area contributed by atoms with E-state index in [4.69, 9.17) is 7.85 Å². The van der Waals surface area contributed by atoms with Gasteiger partial charge in [-0.05, 0) is 0 Å². The summed E-state index contributed by atoms with van der Waals surface area (Å²) >= 11 is 3.37. The Kier molecular flexibility index (Phi) is 8.70. The van der Waals surface area contributed by atoms with Gasteiger partial charge in [-0.2, -0.15) is 0 Å². The number of alkyl halides is 1. The third-order valence-corrected chi connectivity index (χ3v) is 1.73. The number of aryl methyl sites for hydroxylation is 1. The molecule has 1 rings (SSSR count). The Bertz CT molecular complexity index is 218. The van der Waals surface area contributed by atoms with Gasteiger partial charge in [-0.3, -0.25) is 0 Å². The maximum Gasteiger partial charge on any atom is -0.870 e. The number of benzene rings is 1. The third-order valence-electron chi connectivity index (χ3n) is 1.33. The Morgan fingerprint density at radius 2 is 1.92 bits per heavy atom. The molecular formula is C8H10BBrO2. The number of hydrogen-bond donors (Lipinski definition) is 0. The maximum atomic E-state index is 5.57. The molecule has 0 spiro atoms. The fraction of sp³-hybridized carbons (Fsp3) is 0.250. The Morgan fingerprint density at radius 1 is 1.25 bits per heavy atom. The minimum atomic E-state index is 0. The molecule has 0 radical (unpaired) electrons. The molecule has 12 heavy (non-hydrogen) atoms. The van der Waals surface area contributed by atoms with Gasteiger partial charge in [-0.1, -0.05) is 0 Å². The quantitative estimate of drug-likeness (QED) is 0.562. The van der Waals surface area contributed by atoms with Crippen LogP contribution in [0.1, 0.15) is 5.56 Å². The fourth-order valence-electron chi connectivity index (χ4n) is 0.858. The van der Waals surface area contributed by atoms with E-state index in [1.54, 1.807) is 0 Å². The molecule has 0 aromatic heterocycles. The van der Waals surface area contributed by atoms with Crippen molar-refractivity contribution >= 4 is 29.2 Å². The van der Waals surface area contributed by atoms with Crippen LogP contribution in [0.25, 0.3) is 0 Å². The maximum absolute atomic E-state index is 5.57. The van der Waals surface area contributed by atoms with Crippen LogP contribution < -0.4 is 5.46 Å². The van der Waals surface area contributed by atoms with Crippen molar-refractivity contribution in [1.82, 2.24) is 0 Å². The molecule has 2 nitrogen and oxygen atoms in total. The predicted molar refractivity (Wildman–Crippen MR) is 53.2 cm³/mol. The topological polar surface area (TPSA) is 60.0 Å². The van der Waals surface area contributed by atoms with E-state index in [-0.39, 0.29) is 11.0 Å². The van der Waals surface area contributed by atoms with E-state index in [0.29, 0.717) is 0 Å². The third kappa shape index (κ3) is 4.54. The van der Waals surface area contributed by atoms with Crippen LogP contribution in [0, 0.1) is 0 Å². The van der Waals surface area contributed by atoms with Crippen LogP contribution in [-0.4, -0.2) is 24.1 Å². The van der Waals surface area contributed by atoms with Gasteiger partial charge in [0.2, 0.25) is 0 Å². The van der Waals surface area contributed by atoms with Crippen LogP contribution in [0.15, 0.2) is 24.3 Å². The van der Waals surface area contributed by atoms with E-state index >= 15 is 0 Å². The van der Waals surface area contributed by atoms with Crippen LogP contribution in [-0.2, 0) is 6.42 Å². The molecule has 1 aromatic carbocycles. The smallest absolute Gasteiger partial charge is 0.870 e. The van der Waals surface area contributed by atoms with Crippen molar-refractivity contribution in [2.75, 3.05) is 5.33 Å². The second kappa shape index (κ2) is 7.34. The van der Waals surface area contributed by atoms with Crippen molar-refractivity contribution < 1.29 is 11.0 Å². The second-order valence-electron chi connectivity index (χ2n) is 2.18. The van der Waals surface area contributed by atoms with Gasteiger partial charge in [0.05, 0.1) is 0 Å². The van der Waals surface area contributed by atoms with Crippen LogP contribution in [0.3, 0.4) is 0 Å². The molecule has 0 amide bonds. The summed E-state index contributed by atoms with van der Waals surface area (Å²) in [6.45, 7) is 0. The summed E-state index contributed by atoms with van der Waals surface area (Å²) < 4.78 is 0. The van der Waals surface area contributed by atoms with Crippen LogP contribution in [0.2, 0.25) is 0 Å². The van der Waals surface area contributed by atoms with Crippen molar-refractivity contribution in [3.8, 4) is 0 Å².